The Kier molecular flexibility index (Phi) is 4.03. The lowest BCUT2D eigenvalue weighted by Gasteiger charge is -1.96. The third-order valence-electron chi connectivity index (χ3n) is 1.66. The molecule has 0 fully saturated rings. The van der Waals surface area contributed by atoms with E-state index >= 15 is 0 Å². The van der Waals surface area contributed by atoms with Crippen LogP contribution in [0.5, 0.6) is 5.75 Å². The summed E-state index contributed by atoms with van der Waals surface area (Å²) in [7, 11) is 1.65. The molecular weight excluding hydrogens is 183 g/mol. The highest BCUT2D eigenvalue weighted by molar-refractivity contribution is 6.13. The number of hydrogen-bond acceptors (Lipinski definition) is 4. The minimum atomic E-state index is 0. The first-order valence-electron chi connectivity index (χ1n) is 3.93. The van der Waals surface area contributed by atoms with E-state index in [0.29, 0.717) is 0 Å². The number of hydrogen-bond donors (Lipinski definition) is 2. The molecule has 1 heterocycles. The fourth-order valence-corrected chi connectivity index (χ4v) is 1.07. The molecule has 0 spiro atoms. The Balaban J connectivity index is 0.000000293. The van der Waals surface area contributed by atoms with Crippen molar-refractivity contribution in [1.29, 1.82) is 0 Å². The van der Waals surface area contributed by atoms with Gasteiger partial charge in [0.2, 0.25) is 0 Å². The molecule has 1 aromatic carbocycles. The number of ether oxygens (including phenoxy) is 1. The number of fused-ring (bicyclic) bond motifs is 1. The van der Waals surface area contributed by atoms with E-state index in [1.165, 1.54) is 0 Å². The average molecular weight is 193 g/mol. The van der Waals surface area contributed by atoms with Gasteiger partial charge in [0.05, 0.1) is 13.4 Å². The molecule has 1 aromatic heterocycles. The maximum Gasteiger partial charge on any atom is 0.482 e. The number of furan rings is 1. The van der Waals surface area contributed by atoms with E-state index in [0.717, 1.165) is 16.7 Å². The summed E-state index contributed by atoms with van der Waals surface area (Å²) in [5.41, 5.74) is 0.894. The molecule has 5 heteroatoms. The molecule has 2 N–H and O–H groups in total. The zero-order valence-electron chi connectivity index (χ0n) is 7.68. The molecule has 73 valence electrons. The second-order valence-corrected chi connectivity index (χ2v) is 2.44. The van der Waals surface area contributed by atoms with Crippen LogP contribution in [0.1, 0.15) is 0 Å². The lowest BCUT2D eigenvalue weighted by Crippen LogP contribution is -1.79. The fourth-order valence-electron chi connectivity index (χ4n) is 1.07. The smallest absolute Gasteiger partial charge is 0.482 e. The molecule has 0 aliphatic heterocycles. The molecule has 2 aromatic rings. The Bertz CT molecular complexity index is 385. The van der Waals surface area contributed by atoms with Gasteiger partial charge in [-0.3, -0.25) is 0 Å². The summed E-state index contributed by atoms with van der Waals surface area (Å²) < 4.78 is 10.2. The summed E-state index contributed by atoms with van der Waals surface area (Å²) in [6.07, 6.45) is 1.67. The van der Waals surface area contributed by atoms with Gasteiger partial charge < -0.3 is 19.2 Å². The standard InChI is InChI=1S/C9H8O2.BH2O2/c1-10-8-2-3-9-7(6-8)4-5-11-9;2-1-3/h2-6H,1H3;2-3H. The minimum Gasteiger partial charge on any atom is -0.497 e. The fraction of sp³-hybridized carbons (Fsp3) is 0.111. The molecule has 1 radical (unpaired) electrons. The summed E-state index contributed by atoms with van der Waals surface area (Å²) in [5, 5.41) is 15.1. The number of methoxy groups -OCH3 is 1. The van der Waals surface area contributed by atoms with Gasteiger partial charge in [0, 0.05) is 5.39 Å². The van der Waals surface area contributed by atoms with E-state index in [-0.39, 0.29) is 7.69 Å². The van der Waals surface area contributed by atoms with Crippen molar-refractivity contribution >= 4 is 18.7 Å². The number of rotatable bonds is 1. The van der Waals surface area contributed by atoms with Crippen LogP contribution in [0.2, 0.25) is 0 Å². The molecular formula is C9H10BO4. The lowest BCUT2D eigenvalue weighted by molar-refractivity contribution is 0.415. The van der Waals surface area contributed by atoms with Gasteiger partial charge in [0.15, 0.2) is 0 Å². The highest BCUT2D eigenvalue weighted by Gasteiger charge is 1.96. The van der Waals surface area contributed by atoms with E-state index in [1.807, 2.05) is 24.3 Å². The van der Waals surface area contributed by atoms with E-state index < -0.39 is 0 Å². The van der Waals surface area contributed by atoms with Gasteiger partial charge in [-0.05, 0) is 24.3 Å². The van der Waals surface area contributed by atoms with Crippen LogP contribution in [0.3, 0.4) is 0 Å². The van der Waals surface area contributed by atoms with Gasteiger partial charge in [-0.25, -0.2) is 0 Å². The Hall–Kier alpha value is -1.46. The van der Waals surface area contributed by atoms with E-state index in [2.05, 4.69) is 0 Å². The van der Waals surface area contributed by atoms with Gasteiger partial charge in [0.25, 0.3) is 0 Å². The van der Waals surface area contributed by atoms with Gasteiger partial charge in [-0.1, -0.05) is 0 Å². The summed E-state index contributed by atoms with van der Waals surface area (Å²) in [6, 6.07) is 7.64. The SMILES string of the molecule is COc1ccc2occc2c1.O[B]O. The Morgan fingerprint density at radius 3 is 2.64 bits per heavy atom. The summed E-state index contributed by atoms with van der Waals surface area (Å²) in [5.74, 6) is 0.860. The highest BCUT2D eigenvalue weighted by Crippen LogP contribution is 2.20. The first-order valence-corrected chi connectivity index (χ1v) is 3.93. The Labute approximate surface area is 82.0 Å². The molecule has 0 aliphatic rings. The Morgan fingerprint density at radius 2 is 2.00 bits per heavy atom. The van der Waals surface area contributed by atoms with Crippen LogP contribution in [0.25, 0.3) is 11.0 Å². The van der Waals surface area contributed by atoms with E-state index in [1.54, 1.807) is 13.4 Å². The topological polar surface area (TPSA) is 62.8 Å². The lowest BCUT2D eigenvalue weighted by atomic mass is 10.2. The molecule has 0 atom stereocenters. The van der Waals surface area contributed by atoms with Gasteiger partial charge in [-0.2, -0.15) is 0 Å². The molecule has 0 saturated carbocycles. The maximum atomic E-state index is 7.00. The van der Waals surface area contributed by atoms with Gasteiger partial charge in [0.1, 0.15) is 11.3 Å². The summed E-state index contributed by atoms with van der Waals surface area (Å²) in [4.78, 5) is 0. The van der Waals surface area contributed by atoms with Gasteiger partial charge in [-0.15, -0.1) is 0 Å². The first kappa shape index (κ1) is 10.6. The van der Waals surface area contributed by atoms with Crippen molar-refractivity contribution in [3.63, 3.8) is 0 Å². The molecule has 4 nitrogen and oxygen atoms in total. The third-order valence-corrected chi connectivity index (χ3v) is 1.66. The summed E-state index contributed by atoms with van der Waals surface area (Å²) >= 11 is 0. The molecule has 0 saturated heterocycles. The van der Waals surface area contributed by atoms with E-state index in [4.69, 9.17) is 19.2 Å². The Morgan fingerprint density at radius 1 is 1.29 bits per heavy atom. The van der Waals surface area contributed by atoms with Crippen LogP contribution >= 0.6 is 0 Å². The summed E-state index contributed by atoms with van der Waals surface area (Å²) in [6.45, 7) is 0. The molecule has 0 amide bonds. The van der Waals surface area contributed by atoms with Gasteiger partial charge >= 0.3 is 7.69 Å². The molecule has 14 heavy (non-hydrogen) atoms. The molecule has 0 aliphatic carbocycles. The van der Waals surface area contributed by atoms with Crippen LogP contribution in [0.15, 0.2) is 34.9 Å². The van der Waals surface area contributed by atoms with Crippen molar-refractivity contribution in [2.24, 2.45) is 0 Å². The van der Waals surface area contributed by atoms with Crippen molar-refractivity contribution in [1.82, 2.24) is 0 Å². The van der Waals surface area contributed by atoms with Crippen LogP contribution < -0.4 is 4.74 Å². The zero-order valence-corrected chi connectivity index (χ0v) is 7.68. The van der Waals surface area contributed by atoms with E-state index in [9.17, 15) is 0 Å². The second kappa shape index (κ2) is 5.31. The molecule has 0 bridgehead atoms. The van der Waals surface area contributed by atoms with Crippen LogP contribution in [0.4, 0.5) is 0 Å². The van der Waals surface area contributed by atoms with Crippen molar-refractivity contribution < 1.29 is 19.2 Å². The largest absolute Gasteiger partial charge is 0.497 e. The highest BCUT2D eigenvalue weighted by atomic mass is 16.5. The average Bonchev–Trinajstić information content (AvgIpc) is 2.65. The first-order chi connectivity index (χ1) is 6.81. The minimum absolute atomic E-state index is 0. The number of benzene rings is 1. The van der Waals surface area contributed by atoms with Crippen molar-refractivity contribution in [2.75, 3.05) is 7.11 Å². The second-order valence-electron chi connectivity index (χ2n) is 2.44. The zero-order chi connectivity index (χ0) is 10.4. The van der Waals surface area contributed by atoms with Crippen LogP contribution in [0, 0.1) is 0 Å². The molecule has 2 rings (SSSR count). The van der Waals surface area contributed by atoms with Crippen LogP contribution in [-0.4, -0.2) is 24.8 Å². The molecule has 0 unspecified atom stereocenters. The van der Waals surface area contributed by atoms with Crippen LogP contribution in [-0.2, 0) is 0 Å². The van der Waals surface area contributed by atoms with Crippen molar-refractivity contribution in [3.05, 3.63) is 30.5 Å². The third kappa shape index (κ3) is 2.51. The monoisotopic (exact) mass is 193 g/mol. The predicted octanol–water partition coefficient (Wildman–Crippen LogP) is 0.947. The quantitative estimate of drug-likeness (QED) is 0.661. The normalized spacial score (nSPS) is 9.07. The van der Waals surface area contributed by atoms with Crippen molar-refractivity contribution in [3.8, 4) is 5.75 Å². The predicted molar refractivity (Wildman–Crippen MR) is 53.0 cm³/mol. The maximum absolute atomic E-state index is 7.00. The van der Waals surface area contributed by atoms with Crippen molar-refractivity contribution in [2.45, 2.75) is 0 Å².